The molecule has 0 aliphatic heterocycles. The highest BCUT2D eigenvalue weighted by molar-refractivity contribution is 7.26. The molecule has 1 spiro atoms. The molecule has 4 saturated carbocycles. The van der Waals surface area contributed by atoms with Crippen molar-refractivity contribution in [2.75, 3.05) is 0 Å². The van der Waals surface area contributed by atoms with Gasteiger partial charge in [0.25, 0.3) is 0 Å². The zero-order valence-electron chi connectivity index (χ0n) is 33.1. The van der Waals surface area contributed by atoms with Gasteiger partial charge in [0.1, 0.15) is 4.83 Å². The highest BCUT2D eigenvalue weighted by Gasteiger charge is 2.61. The van der Waals surface area contributed by atoms with Gasteiger partial charge in [-0.2, -0.15) is 0 Å². The molecular formula is C56H40N2S2. The lowest BCUT2D eigenvalue weighted by atomic mass is 9.43. The second-order valence-corrected chi connectivity index (χ2v) is 20.2. The van der Waals surface area contributed by atoms with Crippen molar-refractivity contribution in [1.29, 1.82) is 0 Å². The molecule has 0 unspecified atom stereocenters. The van der Waals surface area contributed by atoms with Gasteiger partial charge < -0.3 is 0 Å². The van der Waals surface area contributed by atoms with Crippen LogP contribution in [0.1, 0.15) is 43.2 Å². The predicted octanol–water partition coefficient (Wildman–Crippen LogP) is 15.6. The zero-order valence-corrected chi connectivity index (χ0v) is 34.7. The van der Waals surface area contributed by atoms with E-state index in [-0.39, 0.29) is 5.41 Å². The third kappa shape index (κ3) is 4.69. The molecule has 0 atom stereocenters. The minimum absolute atomic E-state index is 0.0102. The summed E-state index contributed by atoms with van der Waals surface area (Å²) in [5.41, 5.74) is 14.3. The first-order chi connectivity index (χ1) is 29.7. The SMILES string of the molecule is c1ccc(-c2ccccc2-c2nc(-c3ccc4c(c3)C3(c5cc(-c6ccc7c(c6)sc6ccccc67)ccc5-4)C4CC5CC(C4)CC3C5)nc3sc4ccccc4c23)cc1. The van der Waals surface area contributed by atoms with Crippen LogP contribution in [0.3, 0.4) is 0 Å². The van der Waals surface area contributed by atoms with Gasteiger partial charge in [-0.05, 0) is 131 Å². The van der Waals surface area contributed by atoms with Crippen LogP contribution in [-0.4, -0.2) is 9.97 Å². The van der Waals surface area contributed by atoms with Crippen LogP contribution in [-0.2, 0) is 5.41 Å². The number of hydrogen-bond acceptors (Lipinski definition) is 4. The van der Waals surface area contributed by atoms with Crippen molar-refractivity contribution in [3.05, 3.63) is 169 Å². The third-order valence-electron chi connectivity index (χ3n) is 15.1. The zero-order chi connectivity index (χ0) is 39.1. The number of fused-ring (bicyclic) bond motifs is 9. The topological polar surface area (TPSA) is 25.8 Å². The first kappa shape index (κ1) is 33.8. The van der Waals surface area contributed by atoms with Gasteiger partial charge in [-0.3, -0.25) is 0 Å². The van der Waals surface area contributed by atoms with Gasteiger partial charge in [0, 0.05) is 52.2 Å². The lowest BCUT2D eigenvalue weighted by Crippen LogP contribution is -2.55. The van der Waals surface area contributed by atoms with Crippen LogP contribution >= 0.6 is 22.7 Å². The molecule has 3 heterocycles. The van der Waals surface area contributed by atoms with Crippen LogP contribution in [0, 0.1) is 23.7 Å². The van der Waals surface area contributed by atoms with Gasteiger partial charge >= 0.3 is 0 Å². The molecule has 7 aromatic carbocycles. The molecule has 5 aliphatic rings. The molecule has 60 heavy (non-hydrogen) atoms. The maximum absolute atomic E-state index is 5.64. The summed E-state index contributed by atoms with van der Waals surface area (Å²) in [6.45, 7) is 0. The minimum Gasteiger partial charge on any atom is -0.227 e. The maximum Gasteiger partial charge on any atom is 0.161 e. The van der Waals surface area contributed by atoms with E-state index in [1.54, 1.807) is 16.9 Å². The molecule has 10 aromatic rings. The van der Waals surface area contributed by atoms with Crippen molar-refractivity contribution in [3.63, 3.8) is 0 Å². The van der Waals surface area contributed by atoms with Crippen molar-refractivity contribution in [3.8, 4) is 56.0 Å². The fourth-order valence-electron chi connectivity index (χ4n) is 12.9. The molecule has 15 rings (SSSR count). The first-order valence-corrected chi connectivity index (χ1v) is 23.4. The Morgan fingerprint density at radius 1 is 0.417 bits per heavy atom. The largest absolute Gasteiger partial charge is 0.227 e. The molecule has 5 aliphatic carbocycles. The van der Waals surface area contributed by atoms with Gasteiger partial charge in [-0.25, -0.2) is 9.97 Å². The maximum atomic E-state index is 5.64. The molecule has 3 aromatic heterocycles. The van der Waals surface area contributed by atoms with E-state index >= 15 is 0 Å². The van der Waals surface area contributed by atoms with E-state index in [1.807, 2.05) is 11.3 Å². The van der Waals surface area contributed by atoms with E-state index in [9.17, 15) is 0 Å². The summed E-state index contributed by atoms with van der Waals surface area (Å²) < 4.78 is 3.98. The summed E-state index contributed by atoms with van der Waals surface area (Å²) in [5.74, 6) is 3.88. The van der Waals surface area contributed by atoms with Gasteiger partial charge in [0.05, 0.1) is 5.69 Å². The highest BCUT2D eigenvalue weighted by Crippen LogP contribution is 2.69. The fraction of sp³-hybridized carbons (Fsp3) is 0.179. The van der Waals surface area contributed by atoms with E-state index in [1.165, 1.54) is 101 Å². The minimum atomic E-state index is 0.0102. The average Bonchev–Trinajstić information content (AvgIpc) is 3.95. The Hall–Kier alpha value is -5.94. The van der Waals surface area contributed by atoms with Gasteiger partial charge in [-0.15, -0.1) is 22.7 Å². The van der Waals surface area contributed by atoms with Crippen LogP contribution in [0.15, 0.2) is 158 Å². The molecule has 4 fully saturated rings. The molecule has 4 bridgehead atoms. The summed E-state index contributed by atoms with van der Waals surface area (Å²) in [5, 5.41) is 5.09. The lowest BCUT2D eigenvalue weighted by molar-refractivity contribution is -0.0399. The van der Waals surface area contributed by atoms with Crippen LogP contribution in [0.25, 0.3) is 96.5 Å². The summed E-state index contributed by atoms with van der Waals surface area (Å²) in [6, 6.07) is 59.1. The van der Waals surface area contributed by atoms with Gasteiger partial charge in [0.2, 0.25) is 0 Å². The van der Waals surface area contributed by atoms with E-state index in [2.05, 4.69) is 158 Å². The smallest absolute Gasteiger partial charge is 0.161 e. The predicted molar refractivity (Wildman–Crippen MR) is 253 cm³/mol. The molecule has 0 saturated heterocycles. The second-order valence-electron chi connectivity index (χ2n) is 18.1. The molecule has 4 heteroatoms. The van der Waals surface area contributed by atoms with Crippen LogP contribution < -0.4 is 0 Å². The number of rotatable bonds is 4. The van der Waals surface area contributed by atoms with Crippen molar-refractivity contribution in [2.24, 2.45) is 23.7 Å². The quantitative estimate of drug-likeness (QED) is 0.177. The van der Waals surface area contributed by atoms with Crippen LogP contribution in [0.4, 0.5) is 0 Å². The van der Waals surface area contributed by atoms with E-state index < -0.39 is 0 Å². The number of aromatic nitrogens is 2. The first-order valence-electron chi connectivity index (χ1n) is 21.7. The highest BCUT2D eigenvalue weighted by atomic mass is 32.1. The average molecular weight is 805 g/mol. The summed E-state index contributed by atoms with van der Waals surface area (Å²) in [7, 11) is 0. The number of nitrogens with zero attached hydrogens (tertiary/aromatic N) is 2. The van der Waals surface area contributed by atoms with E-state index in [0.717, 1.165) is 44.7 Å². The van der Waals surface area contributed by atoms with Gasteiger partial charge in [0.15, 0.2) is 5.82 Å². The fourth-order valence-corrected chi connectivity index (χ4v) is 15.1. The molecular weight excluding hydrogens is 765 g/mol. The number of benzene rings is 7. The summed E-state index contributed by atoms with van der Waals surface area (Å²) in [6.07, 6.45) is 6.82. The Balaban J connectivity index is 0.966. The van der Waals surface area contributed by atoms with Crippen LogP contribution in [0.5, 0.6) is 0 Å². The standard InChI is InChI=1S/C56H40N2S2/c1-2-10-34(11-3-1)40-12-4-5-14-45(40)53-52-46-15-7-9-17-50(46)60-55(52)58-54(57-53)37-20-22-42-41-21-18-35(36-19-23-44-43-13-6-8-16-49(43)59-51(44)31-36)29-47(41)56(48(42)30-37)38-25-32-24-33(27-38)28-39(56)26-32/h1-23,29-33,38-39H,24-28H2. The van der Waals surface area contributed by atoms with Gasteiger partial charge in [-0.1, -0.05) is 127 Å². The Morgan fingerprint density at radius 3 is 1.77 bits per heavy atom. The molecule has 286 valence electrons. The van der Waals surface area contributed by atoms with Crippen molar-refractivity contribution < 1.29 is 0 Å². The number of hydrogen-bond donors (Lipinski definition) is 0. The van der Waals surface area contributed by atoms with E-state index in [4.69, 9.17) is 9.97 Å². The third-order valence-corrected chi connectivity index (χ3v) is 17.3. The van der Waals surface area contributed by atoms with E-state index in [0.29, 0.717) is 11.8 Å². The lowest BCUT2D eigenvalue weighted by Gasteiger charge is -2.61. The molecule has 0 radical (unpaired) electrons. The Labute approximate surface area is 357 Å². The second kappa shape index (κ2) is 12.5. The monoisotopic (exact) mass is 804 g/mol. The number of thiophene rings is 2. The summed E-state index contributed by atoms with van der Waals surface area (Å²) >= 11 is 3.70. The van der Waals surface area contributed by atoms with Crippen molar-refractivity contribution in [2.45, 2.75) is 37.5 Å². The van der Waals surface area contributed by atoms with Crippen molar-refractivity contribution in [1.82, 2.24) is 9.97 Å². The molecule has 0 N–H and O–H groups in total. The van der Waals surface area contributed by atoms with Crippen molar-refractivity contribution >= 4 is 63.1 Å². The Kier molecular flexibility index (Phi) is 7.08. The molecule has 2 nitrogen and oxygen atoms in total. The molecule has 0 amide bonds. The van der Waals surface area contributed by atoms with Crippen LogP contribution in [0.2, 0.25) is 0 Å². The Bertz CT molecular complexity index is 3380. The normalized spacial score (nSPS) is 22.4. The summed E-state index contributed by atoms with van der Waals surface area (Å²) in [4.78, 5) is 12.2. The Morgan fingerprint density at radius 2 is 1.00 bits per heavy atom.